The molecule has 1 saturated heterocycles. The Kier molecular flexibility index (Phi) is 5.10. The van der Waals surface area contributed by atoms with Crippen LogP contribution in [-0.2, 0) is 4.79 Å². The molecule has 0 bridgehead atoms. The number of nitrogens with zero attached hydrogens (tertiary/aromatic N) is 2. The first-order chi connectivity index (χ1) is 9.67. The van der Waals surface area contributed by atoms with E-state index in [1.807, 2.05) is 6.07 Å². The van der Waals surface area contributed by atoms with Gasteiger partial charge in [0.2, 0.25) is 5.91 Å². The van der Waals surface area contributed by atoms with Crippen molar-refractivity contribution >= 4 is 11.6 Å². The van der Waals surface area contributed by atoms with E-state index in [-0.39, 0.29) is 12.0 Å². The van der Waals surface area contributed by atoms with E-state index in [2.05, 4.69) is 10.2 Å². The van der Waals surface area contributed by atoms with E-state index in [9.17, 15) is 9.90 Å². The SMILES string of the molecule is N#Cc1ccc(NC(=O)CCN2CCC[C@H](O)C2)cc1. The summed E-state index contributed by atoms with van der Waals surface area (Å²) in [6, 6.07) is 8.84. The molecule has 20 heavy (non-hydrogen) atoms. The molecule has 0 radical (unpaired) electrons. The van der Waals surface area contributed by atoms with E-state index in [0.29, 0.717) is 30.8 Å². The van der Waals surface area contributed by atoms with Crippen molar-refractivity contribution in [2.45, 2.75) is 25.4 Å². The Balaban J connectivity index is 1.76. The van der Waals surface area contributed by atoms with Crippen LogP contribution in [0, 0.1) is 11.3 Å². The fourth-order valence-electron chi connectivity index (χ4n) is 2.35. The number of carbonyl (C=O) groups excluding carboxylic acids is 1. The Morgan fingerprint density at radius 2 is 2.20 bits per heavy atom. The molecule has 0 spiro atoms. The number of nitrogens with one attached hydrogen (secondary N) is 1. The number of aliphatic hydroxyl groups excluding tert-OH is 1. The van der Waals surface area contributed by atoms with E-state index in [0.717, 1.165) is 19.4 Å². The fourth-order valence-corrected chi connectivity index (χ4v) is 2.35. The predicted octanol–water partition coefficient (Wildman–Crippen LogP) is 1.34. The van der Waals surface area contributed by atoms with E-state index in [1.165, 1.54) is 0 Å². The normalized spacial score (nSPS) is 19.3. The van der Waals surface area contributed by atoms with Gasteiger partial charge in [-0.05, 0) is 43.7 Å². The van der Waals surface area contributed by atoms with Gasteiger partial charge < -0.3 is 15.3 Å². The lowest BCUT2D eigenvalue weighted by Crippen LogP contribution is -2.39. The van der Waals surface area contributed by atoms with Crippen LogP contribution in [0.2, 0.25) is 0 Å². The van der Waals surface area contributed by atoms with Crippen LogP contribution < -0.4 is 5.32 Å². The quantitative estimate of drug-likeness (QED) is 0.868. The molecule has 0 unspecified atom stereocenters. The second-order valence-electron chi connectivity index (χ2n) is 5.08. The molecule has 1 fully saturated rings. The molecule has 1 aliphatic rings. The highest BCUT2D eigenvalue weighted by atomic mass is 16.3. The molecule has 5 heteroatoms. The van der Waals surface area contributed by atoms with Gasteiger partial charge in [-0.3, -0.25) is 4.79 Å². The van der Waals surface area contributed by atoms with Crippen molar-refractivity contribution in [1.82, 2.24) is 4.90 Å². The zero-order valence-corrected chi connectivity index (χ0v) is 11.4. The number of hydrogen-bond donors (Lipinski definition) is 2. The number of rotatable bonds is 4. The van der Waals surface area contributed by atoms with Crippen LogP contribution in [-0.4, -0.2) is 41.7 Å². The highest BCUT2D eigenvalue weighted by molar-refractivity contribution is 5.90. The van der Waals surface area contributed by atoms with E-state index >= 15 is 0 Å². The molecule has 1 aliphatic heterocycles. The number of amides is 1. The molecule has 2 rings (SSSR count). The number of likely N-dealkylation sites (tertiary alicyclic amines) is 1. The summed E-state index contributed by atoms with van der Waals surface area (Å²) in [6.07, 6.45) is 1.99. The van der Waals surface area contributed by atoms with Gasteiger partial charge in [0, 0.05) is 25.2 Å². The molecule has 1 atom stereocenters. The number of anilines is 1. The number of carbonyl (C=O) groups is 1. The first kappa shape index (κ1) is 14.5. The zero-order chi connectivity index (χ0) is 14.4. The van der Waals surface area contributed by atoms with Gasteiger partial charge in [-0.1, -0.05) is 0 Å². The molecule has 1 heterocycles. The van der Waals surface area contributed by atoms with Crippen molar-refractivity contribution in [3.63, 3.8) is 0 Å². The van der Waals surface area contributed by atoms with Gasteiger partial charge in [0.15, 0.2) is 0 Å². The Hall–Kier alpha value is -1.90. The van der Waals surface area contributed by atoms with Crippen molar-refractivity contribution < 1.29 is 9.90 Å². The van der Waals surface area contributed by atoms with Gasteiger partial charge >= 0.3 is 0 Å². The van der Waals surface area contributed by atoms with Crippen LogP contribution in [0.4, 0.5) is 5.69 Å². The van der Waals surface area contributed by atoms with Gasteiger partial charge in [0.05, 0.1) is 17.7 Å². The van der Waals surface area contributed by atoms with E-state index in [1.54, 1.807) is 24.3 Å². The number of benzene rings is 1. The molecule has 0 aliphatic carbocycles. The van der Waals surface area contributed by atoms with Crippen LogP contribution in [0.1, 0.15) is 24.8 Å². The maximum Gasteiger partial charge on any atom is 0.225 e. The molecule has 2 N–H and O–H groups in total. The van der Waals surface area contributed by atoms with Gasteiger partial charge in [0.25, 0.3) is 0 Å². The number of β-amino-alcohol motifs (C(OH)–C–C–N with tert-alkyl or cyclic N) is 1. The Bertz CT molecular complexity index is 493. The summed E-state index contributed by atoms with van der Waals surface area (Å²) >= 11 is 0. The van der Waals surface area contributed by atoms with Crippen LogP contribution >= 0.6 is 0 Å². The minimum Gasteiger partial charge on any atom is -0.392 e. The largest absolute Gasteiger partial charge is 0.392 e. The molecule has 0 saturated carbocycles. The molecule has 1 aromatic carbocycles. The number of piperidine rings is 1. The van der Waals surface area contributed by atoms with Gasteiger partial charge in [-0.15, -0.1) is 0 Å². The second kappa shape index (κ2) is 7.04. The average Bonchev–Trinajstić information content (AvgIpc) is 2.46. The zero-order valence-electron chi connectivity index (χ0n) is 11.4. The Morgan fingerprint density at radius 3 is 2.85 bits per heavy atom. The molecule has 106 valence electrons. The molecular formula is C15H19N3O2. The summed E-state index contributed by atoms with van der Waals surface area (Å²) in [4.78, 5) is 13.9. The molecule has 1 amide bonds. The lowest BCUT2D eigenvalue weighted by Gasteiger charge is -2.29. The minimum absolute atomic E-state index is 0.0465. The molecule has 5 nitrogen and oxygen atoms in total. The number of hydrogen-bond acceptors (Lipinski definition) is 4. The molecule has 1 aromatic rings. The highest BCUT2D eigenvalue weighted by Crippen LogP contribution is 2.11. The third kappa shape index (κ3) is 4.34. The van der Waals surface area contributed by atoms with E-state index < -0.39 is 0 Å². The van der Waals surface area contributed by atoms with Crippen LogP contribution in [0.3, 0.4) is 0 Å². The summed E-state index contributed by atoms with van der Waals surface area (Å²) < 4.78 is 0. The third-order valence-corrected chi connectivity index (χ3v) is 3.43. The minimum atomic E-state index is -0.259. The second-order valence-corrected chi connectivity index (χ2v) is 5.08. The Morgan fingerprint density at radius 1 is 1.45 bits per heavy atom. The first-order valence-corrected chi connectivity index (χ1v) is 6.88. The van der Waals surface area contributed by atoms with Crippen LogP contribution in [0.25, 0.3) is 0 Å². The summed E-state index contributed by atoms with van der Waals surface area (Å²) in [5.41, 5.74) is 1.28. The maximum atomic E-state index is 11.8. The topological polar surface area (TPSA) is 76.4 Å². The monoisotopic (exact) mass is 273 g/mol. The summed E-state index contributed by atoms with van der Waals surface area (Å²) in [6.45, 7) is 2.27. The van der Waals surface area contributed by atoms with Gasteiger partial charge in [-0.25, -0.2) is 0 Å². The Labute approximate surface area is 118 Å². The average molecular weight is 273 g/mol. The lowest BCUT2D eigenvalue weighted by molar-refractivity contribution is -0.116. The van der Waals surface area contributed by atoms with Gasteiger partial charge in [0.1, 0.15) is 0 Å². The van der Waals surface area contributed by atoms with Crippen LogP contribution in [0.15, 0.2) is 24.3 Å². The summed E-state index contributed by atoms with van der Waals surface area (Å²) in [5.74, 6) is -0.0465. The first-order valence-electron chi connectivity index (χ1n) is 6.88. The van der Waals surface area contributed by atoms with Gasteiger partial charge in [-0.2, -0.15) is 5.26 Å². The van der Waals surface area contributed by atoms with Crippen molar-refractivity contribution in [2.75, 3.05) is 25.0 Å². The van der Waals surface area contributed by atoms with E-state index in [4.69, 9.17) is 5.26 Å². The molecular weight excluding hydrogens is 254 g/mol. The van der Waals surface area contributed by atoms with Crippen molar-refractivity contribution in [1.29, 1.82) is 5.26 Å². The standard InChI is InChI=1S/C15H19N3O2/c16-10-12-3-5-13(6-4-12)17-15(20)7-9-18-8-1-2-14(19)11-18/h3-6,14,19H,1-2,7-9,11H2,(H,17,20)/t14-/m0/s1. The summed E-state index contributed by atoms with van der Waals surface area (Å²) in [5, 5.41) is 21.1. The van der Waals surface area contributed by atoms with Crippen molar-refractivity contribution in [3.05, 3.63) is 29.8 Å². The highest BCUT2D eigenvalue weighted by Gasteiger charge is 2.17. The fraction of sp³-hybridized carbons (Fsp3) is 0.467. The van der Waals surface area contributed by atoms with Crippen LogP contribution in [0.5, 0.6) is 0 Å². The number of nitriles is 1. The van der Waals surface area contributed by atoms with Crippen molar-refractivity contribution in [3.8, 4) is 6.07 Å². The predicted molar refractivity (Wildman–Crippen MR) is 76.1 cm³/mol. The number of aliphatic hydroxyl groups is 1. The lowest BCUT2D eigenvalue weighted by atomic mass is 10.1. The van der Waals surface area contributed by atoms with Crippen molar-refractivity contribution in [2.24, 2.45) is 0 Å². The molecule has 0 aromatic heterocycles. The summed E-state index contributed by atoms with van der Waals surface area (Å²) in [7, 11) is 0. The maximum absolute atomic E-state index is 11.8. The smallest absolute Gasteiger partial charge is 0.225 e. The third-order valence-electron chi connectivity index (χ3n) is 3.43.